The van der Waals surface area contributed by atoms with Gasteiger partial charge in [-0.3, -0.25) is 4.68 Å². The number of rotatable bonds is 4. The van der Waals surface area contributed by atoms with Crippen LogP contribution in [0.25, 0.3) is 0 Å². The van der Waals surface area contributed by atoms with Crippen molar-refractivity contribution in [2.75, 3.05) is 6.61 Å². The second-order valence-corrected chi connectivity index (χ2v) is 6.64. The van der Waals surface area contributed by atoms with Crippen LogP contribution < -0.4 is 4.72 Å². The normalized spacial score (nSPS) is 19.9. The van der Waals surface area contributed by atoms with Gasteiger partial charge in [-0.25, -0.2) is 13.1 Å². The lowest BCUT2D eigenvalue weighted by atomic mass is 9.83. The van der Waals surface area contributed by atoms with Crippen molar-refractivity contribution < 1.29 is 13.5 Å². The minimum absolute atomic E-state index is 0.142. The molecule has 6 nitrogen and oxygen atoms in total. The second-order valence-electron chi connectivity index (χ2n) is 4.95. The molecule has 0 amide bonds. The first kappa shape index (κ1) is 13.5. The van der Waals surface area contributed by atoms with Crippen molar-refractivity contribution in [2.45, 2.75) is 42.5 Å². The molecular weight excluding hydrogens is 254 g/mol. The minimum Gasteiger partial charge on any atom is -0.394 e. The molecule has 2 N–H and O–H groups in total. The van der Waals surface area contributed by atoms with Gasteiger partial charge in [0.1, 0.15) is 4.90 Å². The lowest BCUT2D eigenvalue weighted by Crippen LogP contribution is -2.52. The Hall–Kier alpha value is -0.920. The van der Waals surface area contributed by atoms with Gasteiger partial charge in [0.2, 0.25) is 10.0 Å². The Kier molecular flexibility index (Phi) is 3.74. The van der Waals surface area contributed by atoms with E-state index in [9.17, 15) is 13.5 Å². The van der Waals surface area contributed by atoms with E-state index in [0.717, 1.165) is 19.3 Å². The zero-order chi connectivity index (χ0) is 13.2. The predicted molar refractivity (Wildman–Crippen MR) is 66.4 cm³/mol. The molecule has 1 fully saturated rings. The summed E-state index contributed by atoms with van der Waals surface area (Å²) < 4.78 is 28.5. The molecule has 0 radical (unpaired) electrons. The van der Waals surface area contributed by atoms with Gasteiger partial charge in [-0.15, -0.1) is 0 Å². The molecule has 1 saturated carbocycles. The Morgan fingerprint density at radius 1 is 1.44 bits per heavy atom. The third kappa shape index (κ3) is 2.73. The van der Waals surface area contributed by atoms with Crippen LogP contribution in [0.3, 0.4) is 0 Å². The smallest absolute Gasteiger partial charge is 0.244 e. The van der Waals surface area contributed by atoms with Gasteiger partial charge in [-0.05, 0) is 12.8 Å². The summed E-state index contributed by atoms with van der Waals surface area (Å²) in [5, 5.41) is 13.4. The van der Waals surface area contributed by atoms with Crippen molar-refractivity contribution in [2.24, 2.45) is 7.05 Å². The topological polar surface area (TPSA) is 84.2 Å². The Balaban J connectivity index is 2.21. The Morgan fingerprint density at radius 2 is 2.11 bits per heavy atom. The van der Waals surface area contributed by atoms with Gasteiger partial charge in [0.15, 0.2) is 0 Å². The van der Waals surface area contributed by atoms with E-state index < -0.39 is 15.6 Å². The lowest BCUT2D eigenvalue weighted by Gasteiger charge is -2.35. The van der Waals surface area contributed by atoms with E-state index in [0.29, 0.717) is 12.8 Å². The number of nitrogens with one attached hydrogen (secondary N) is 1. The molecule has 2 rings (SSSR count). The number of nitrogens with zero attached hydrogens (tertiary/aromatic N) is 2. The minimum atomic E-state index is -3.60. The van der Waals surface area contributed by atoms with E-state index in [4.69, 9.17) is 0 Å². The molecule has 7 heteroatoms. The predicted octanol–water partition coefficient (Wildman–Crippen LogP) is 0.394. The van der Waals surface area contributed by atoms with Crippen molar-refractivity contribution >= 4 is 10.0 Å². The second kappa shape index (κ2) is 4.99. The maximum Gasteiger partial charge on any atom is 0.244 e. The van der Waals surface area contributed by atoms with Crippen LogP contribution in [0.15, 0.2) is 17.3 Å². The van der Waals surface area contributed by atoms with Crippen LogP contribution in [0.1, 0.15) is 32.1 Å². The largest absolute Gasteiger partial charge is 0.394 e. The quantitative estimate of drug-likeness (QED) is 0.831. The van der Waals surface area contributed by atoms with Gasteiger partial charge in [0, 0.05) is 13.2 Å². The maximum atomic E-state index is 12.2. The molecule has 18 heavy (non-hydrogen) atoms. The lowest BCUT2D eigenvalue weighted by molar-refractivity contribution is 0.142. The third-order valence-corrected chi connectivity index (χ3v) is 4.99. The van der Waals surface area contributed by atoms with Gasteiger partial charge in [0.25, 0.3) is 0 Å². The molecule has 0 unspecified atom stereocenters. The molecule has 0 atom stereocenters. The monoisotopic (exact) mass is 273 g/mol. The fourth-order valence-electron chi connectivity index (χ4n) is 2.40. The van der Waals surface area contributed by atoms with Crippen molar-refractivity contribution in [3.63, 3.8) is 0 Å². The SMILES string of the molecule is Cn1cc(S(=O)(=O)NC2(CO)CCCCC2)cn1. The fourth-order valence-corrected chi connectivity index (χ4v) is 3.84. The van der Waals surface area contributed by atoms with E-state index >= 15 is 0 Å². The van der Waals surface area contributed by atoms with Crippen LogP contribution in [-0.2, 0) is 17.1 Å². The van der Waals surface area contributed by atoms with E-state index in [1.807, 2.05) is 0 Å². The average molecular weight is 273 g/mol. The van der Waals surface area contributed by atoms with Crippen LogP contribution in [0, 0.1) is 0 Å². The summed E-state index contributed by atoms with van der Waals surface area (Å²) in [6, 6.07) is 0. The van der Waals surface area contributed by atoms with Crippen molar-refractivity contribution in [1.82, 2.24) is 14.5 Å². The van der Waals surface area contributed by atoms with Crippen LogP contribution in [0.4, 0.5) is 0 Å². The van der Waals surface area contributed by atoms with Crippen LogP contribution >= 0.6 is 0 Å². The molecule has 1 aromatic heterocycles. The van der Waals surface area contributed by atoms with Gasteiger partial charge in [-0.1, -0.05) is 19.3 Å². The summed E-state index contributed by atoms with van der Waals surface area (Å²) in [5.41, 5.74) is -0.701. The van der Waals surface area contributed by atoms with Crippen molar-refractivity contribution in [3.05, 3.63) is 12.4 Å². The summed E-state index contributed by atoms with van der Waals surface area (Å²) in [7, 11) is -1.93. The summed E-state index contributed by atoms with van der Waals surface area (Å²) in [5.74, 6) is 0. The Bertz CT molecular complexity index is 503. The highest BCUT2D eigenvalue weighted by Gasteiger charge is 2.36. The van der Waals surface area contributed by atoms with Gasteiger partial charge < -0.3 is 5.11 Å². The van der Waals surface area contributed by atoms with Gasteiger partial charge in [-0.2, -0.15) is 5.10 Å². The zero-order valence-corrected chi connectivity index (χ0v) is 11.3. The zero-order valence-electron chi connectivity index (χ0n) is 10.5. The molecule has 0 aromatic carbocycles. The van der Waals surface area contributed by atoms with Gasteiger partial charge in [0.05, 0.1) is 18.3 Å². The van der Waals surface area contributed by atoms with Crippen LogP contribution in [-0.4, -0.2) is 35.5 Å². The maximum absolute atomic E-state index is 12.2. The standard InChI is InChI=1S/C11H19N3O3S/c1-14-8-10(7-12-14)18(16,17)13-11(9-15)5-3-2-4-6-11/h7-8,13,15H,2-6,9H2,1H3. The first-order valence-electron chi connectivity index (χ1n) is 6.11. The average Bonchev–Trinajstić information content (AvgIpc) is 2.77. The van der Waals surface area contributed by atoms with Gasteiger partial charge >= 0.3 is 0 Å². The molecule has 1 aromatic rings. The fraction of sp³-hybridized carbons (Fsp3) is 0.727. The molecule has 102 valence electrons. The van der Waals surface area contributed by atoms with Crippen molar-refractivity contribution in [3.8, 4) is 0 Å². The summed E-state index contributed by atoms with van der Waals surface area (Å²) in [6.45, 7) is -0.160. The number of hydrogen-bond acceptors (Lipinski definition) is 4. The highest BCUT2D eigenvalue weighted by molar-refractivity contribution is 7.89. The number of aliphatic hydroxyl groups excluding tert-OH is 1. The van der Waals surface area contributed by atoms with E-state index in [1.54, 1.807) is 7.05 Å². The van der Waals surface area contributed by atoms with Crippen LogP contribution in [0.5, 0.6) is 0 Å². The summed E-state index contributed by atoms with van der Waals surface area (Å²) >= 11 is 0. The first-order valence-corrected chi connectivity index (χ1v) is 7.59. The summed E-state index contributed by atoms with van der Waals surface area (Å²) in [6.07, 6.45) is 7.11. The molecule has 1 aliphatic carbocycles. The summed E-state index contributed by atoms with van der Waals surface area (Å²) in [4.78, 5) is 0.142. The first-order chi connectivity index (χ1) is 8.47. The molecule has 1 heterocycles. The molecule has 0 saturated heterocycles. The molecule has 0 bridgehead atoms. The third-order valence-electron chi connectivity index (χ3n) is 3.46. The Labute approximate surface area is 107 Å². The van der Waals surface area contributed by atoms with Crippen molar-refractivity contribution in [1.29, 1.82) is 0 Å². The molecule has 0 spiro atoms. The van der Waals surface area contributed by atoms with E-state index in [-0.39, 0.29) is 11.5 Å². The number of sulfonamides is 1. The highest BCUT2D eigenvalue weighted by atomic mass is 32.2. The van der Waals surface area contributed by atoms with Crippen LogP contribution in [0.2, 0.25) is 0 Å². The number of aryl methyl sites for hydroxylation is 1. The number of hydrogen-bond donors (Lipinski definition) is 2. The highest BCUT2D eigenvalue weighted by Crippen LogP contribution is 2.29. The number of aliphatic hydroxyl groups is 1. The van der Waals surface area contributed by atoms with E-state index in [1.165, 1.54) is 17.1 Å². The molecule has 1 aliphatic rings. The Morgan fingerprint density at radius 3 is 2.61 bits per heavy atom. The molecule has 0 aliphatic heterocycles. The number of aromatic nitrogens is 2. The molecular formula is C11H19N3O3S. The van der Waals surface area contributed by atoms with E-state index in [2.05, 4.69) is 9.82 Å².